The fourth-order valence-electron chi connectivity index (χ4n) is 7.64. The van der Waals surface area contributed by atoms with Crippen molar-refractivity contribution in [2.75, 3.05) is 41.0 Å². The van der Waals surface area contributed by atoms with Crippen molar-refractivity contribution in [2.24, 2.45) is 0 Å². The number of aromatic nitrogens is 2. The van der Waals surface area contributed by atoms with E-state index < -0.39 is 43.5 Å². The molecule has 330 valence electrons. The molecule has 1 unspecified atom stereocenters. The lowest BCUT2D eigenvalue weighted by Gasteiger charge is -2.41. The minimum atomic E-state index is -2.12. The van der Waals surface area contributed by atoms with Gasteiger partial charge in [0, 0.05) is 43.0 Å². The number of hydrogen-bond acceptors (Lipinski definition) is 11. The summed E-state index contributed by atoms with van der Waals surface area (Å²) >= 11 is 0. The zero-order chi connectivity index (χ0) is 44.6. The summed E-state index contributed by atoms with van der Waals surface area (Å²) in [7, 11) is 2.86. The molecule has 1 aliphatic heterocycles. The Kier molecular flexibility index (Phi) is 15.2. The number of aryl methyl sites for hydroxylation is 1. The number of rotatable bonds is 19. The van der Waals surface area contributed by atoms with Gasteiger partial charge in [0.25, 0.3) is 20.0 Å². The van der Waals surface area contributed by atoms with E-state index in [1.54, 1.807) is 45.2 Å². The average molecular weight is 869 g/mol. The number of H-pyrrole nitrogens is 1. The molecule has 0 spiro atoms. The molecule has 0 saturated carbocycles. The summed E-state index contributed by atoms with van der Waals surface area (Å²) in [5.41, 5.74) is 0.608. The van der Waals surface area contributed by atoms with Gasteiger partial charge >= 0.3 is 5.69 Å². The van der Waals surface area contributed by atoms with Crippen LogP contribution in [0.3, 0.4) is 0 Å². The average Bonchev–Trinajstić information content (AvgIpc) is 3.60. The summed E-state index contributed by atoms with van der Waals surface area (Å²) in [6.07, 6.45) is -1.12. The van der Waals surface area contributed by atoms with Gasteiger partial charge in [-0.15, -0.1) is 0 Å². The molecule has 15 heteroatoms. The summed E-state index contributed by atoms with van der Waals surface area (Å²) in [6, 6.07) is 33.6. The van der Waals surface area contributed by atoms with Gasteiger partial charge in [-0.1, -0.05) is 72.8 Å². The van der Waals surface area contributed by atoms with Crippen molar-refractivity contribution in [1.29, 1.82) is 0 Å². The van der Waals surface area contributed by atoms with E-state index in [1.165, 1.54) is 10.8 Å². The maximum absolute atomic E-state index is 13.3. The van der Waals surface area contributed by atoms with E-state index in [0.717, 1.165) is 16.7 Å². The third kappa shape index (κ3) is 10.2. The number of benzene rings is 4. The molecule has 1 amide bonds. The zero-order valence-electron chi connectivity index (χ0n) is 36.5. The first-order valence-corrected chi connectivity index (χ1v) is 21.7. The first-order valence-electron chi connectivity index (χ1n) is 20.6. The van der Waals surface area contributed by atoms with E-state index in [1.807, 2.05) is 129 Å². The van der Waals surface area contributed by atoms with E-state index >= 15 is 0 Å². The van der Waals surface area contributed by atoms with Crippen molar-refractivity contribution in [3.8, 4) is 11.5 Å². The maximum Gasteiger partial charge on any atom is 0.330 e. The number of aliphatic hydroxyl groups is 1. The molecule has 0 aliphatic carbocycles. The van der Waals surface area contributed by atoms with Gasteiger partial charge in [0.05, 0.1) is 33.9 Å². The van der Waals surface area contributed by atoms with Crippen molar-refractivity contribution >= 4 is 14.4 Å². The predicted molar refractivity (Wildman–Crippen MR) is 237 cm³/mol. The van der Waals surface area contributed by atoms with Crippen LogP contribution in [-0.4, -0.2) is 95.1 Å². The fraction of sp³-hybridized carbons (Fsp3) is 0.383. The molecule has 6 rings (SSSR count). The Labute approximate surface area is 363 Å². The molecule has 14 nitrogen and oxygen atoms in total. The summed E-state index contributed by atoms with van der Waals surface area (Å²) in [5.74, 6) is -0.971. The molecule has 2 N–H and O–H groups in total. The van der Waals surface area contributed by atoms with Gasteiger partial charge in [-0.05, 0) is 87.7 Å². The Morgan fingerprint density at radius 3 is 1.94 bits per heavy atom. The summed E-state index contributed by atoms with van der Waals surface area (Å²) < 4.78 is 41.5. The molecule has 4 atom stereocenters. The Bertz CT molecular complexity index is 2290. The van der Waals surface area contributed by atoms with Crippen LogP contribution in [0, 0.1) is 6.92 Å². The highest BCUT2D eigenvalue weighted by Gasteiger charge is 2.54. The molecule has 4 aromatic carbocycles. The van der Waals surface area contributed by atoms with Gasteiger partial charge in [-0.25, -0.2) is 9.46 Å². The van der Waals surface area contributed by atoms with Gasteiger partial charge in [0.2, 0.25) is 5.79 Å². The van der Waals surface area contributed by atoms with Crippen molar-refractivity contribution in [3.05, 3.63) is 164 Å². The van der Waals surface area contributed by atoms with Crippen molar-refractivity contribution < 1.29 is 37.9 Å². The number of ether oxygens (including phenoxy) is 4. The second-order valence-corrected chi connectivity index (χ2v) is 17.1. The van der Waals surface area contributed by atoms with Crippen LogP contribution in [-0.2, 0) is 24.1 Å². The predicted octanol–water partition coefficient (Wildman–Crippen LogP) is 7.00. The van der Waals surface area contributed by atoms with Crippen molar-refractivity contribution in [1.82, 2.24) is 19.1 Å². The monoisotopic (exact) mass is 868 g/mol. The Morgan fingerprint density at radius 1 is 0.871 bits per heavy atom. The quantitative estimate of drug-likeness (QED) is 0.0501. The third-order valence-corrected chi connectivity index (χ3v) is 13.0. The van der Waals surface area contributed by atoms with Crippen LogP contribution in [0.15, 0.2) is 125 Å². The fourth-order valence-corrected chi connectivity index (χ4v) is 9.37. The molecule has 1 aliphatic rings. The highest BCUT2D eigenvalue weighted by atomic mass is 31.2. The number of aromatic amines is 1. The Hall–Kier alpha value is -5.18. The molecule has 62 heavy (non-hydrogen) atoms. The maximum atomic E-state index is 13.3. The molecule has 0 bridgehead atoms. The first-order chi connectivity index (χ1) is 29.7. The topological polar surface area (TPSA) is 154 Å². The van der Waals surface area contributed by atoms with Crippen LogP contribution in [0.5, 0.6) is 11.5 Å². The minimum Gasteiger partial charge on any atom is -0.497 e. The molecule has 5 aromatic rings. The van der Waals surface area contributed by atoms with Gasteiger partial charge in [-0.3, -0.25) is 23.7 Å². The second-order valence-electron chi connectivity index (χ2n) is 15.7. The normalized spacial score (nSPS) is 18.3. The summed E-state index contributed by atoms with van der Waals surface area (Å²) in [4.78, 5) is 42.9. The lowest BCUT2D eigenvalue weighted by atomic mass is 9.80. The molecule has 1 aromatic heterocycles. The number of carbonyl (C=O) groups excluding carboxylic acids is 1. The van der Waals surface area contributed by atoms with Crippen molar-refractivity contribution in [2.45, 2.75) is 76.8 Å². The van der Waals surface area contributed by atoms with Crippen LogP contribution in [0.1, 0.15) is 73.0 Å². The van der Waals surface area contributed by atoms with Crippen LogP contribution in [0.4, 0.5) is 0 Å². The minimum absolute atomic E-state index is 0.0862. The van der Waals surface area contributed by atoms with Crippen LogP contribution in [0.25, 0.3) is 0 Å². The molecule has 0 radical (unpaired) electrons. The molecule has 1 fully saturated rings. The number of nitrogens with zero attached hydrogens (tertiary/aromatic N) is 3. The largest absolute Gasteiger partial charge is 0.497 e. The number of amides is 1. The molecule has 2 heterocycles. The zero-order valence-corrected chi connectivity index (χ0v) is 37.4. The van der Waals surface area contributed by atoms with Crippen LogP contribution < -0.4 is 20.7 Å². The number of hydrogen-bond donors (Lipinski definition) is 2. The van der Waals surface area contributed by atoms with Gasteiger partial charge < -0.3 is 33.5 Å². The Balaban J connectivity index is 1.41. The highest BCUT2D eigenvalue weighted by Crippen LogP contribution is 2.53. The first kappa shape index (κ1) is 46.3. The number of nitrogens with one attached hydrogen (secondary N) is 1. The summed E-state index contributed by atoms with van der Waals surface area (Å²) in [6.45, 7) is 9.68. The molecular weight excluding hydrogens is 812 g/mol. The van der Waals surface area contributed by atoms with E-state index in [9.17, 15) is 19.5 Å². The highest BCUT2D eigenvalue weighted by molar-refractivity contribution is 7.44. The number of carbonyl (C=O) groups is 1. The number of methoxy groups -OCH3 is 2. The van der Waals surface area contributed by atoms with Gasteiger partial charge in [0.15, 0.2) is 0 Å². The number of likely N-dealkylation sites (N-methyl/N-ethyl adjacent to an activating group) is 1. The van der Waals surface area contributed by atoms with Crippen molar-refractivity contribution in [3.63, 3.8) is 0 Å². The molecular formula is C47H57N4O10P. The van der Waals surface area contributed by atoms with Gasteiger partial charge in [0.1, 0.15) is 29.4 Å². The Morgan fingerprint density at radius 2 is 1.40 bits per heavy atom. The van der Waals surface area contributed by atoms with E-state index in [4.69, 9.17) is 28.0 Å². The second kappa shape index (κ2) is 20.3. The van der Waals surface area contributed by atoms with E-state index in [0.29, 0.717) is 17.1 Å². The molecule has 1 saturated heterocycles. The van der Waals surface area contributed by atoms with Crippen LogP contribution >= 0.6 is 8.53 Å². The lowest BCUT2D eigenvalue weighted by molar-refractivity contribution is -0.201. The van der Waals surface area contributed by atoms with E-state index in [2.05, 4.69) is 4.98 Å². The smallest absolute Gasteiger partial charge is 0.330 e. The van der Waals surface area contributed by atoms with Gasteiger partial charge in [-0.2, -0.15) is 0 Å². The third-order valence-electron chi connectivity index (χ3n) is 10.9. The summed E-state index contributed by atoms with van der Waals surface area (Å²) in [5, 5.41) is 13.0. The standard InChI is InChI=1S/C47H57N4O10P/c1-32(2)51(33(3)4)62(59-28-27-49(6)44(53)35-15-11-9-12-16-35)61-46(55)29-42(50-30-34(5)43(52)48-45(50)54)60-41(46)31-58-47(36-17-13-10-14-18-36,37-19-23-39(56-7)24-20-37)38-21-25-40(57-8)26-22-38/h9-26,30,32-33,41-42,55H,27-29,31H2,1-8H3,(H,48,52,54)/t41-,42-,46+,62?/m1/s1. The van der Waals surface area contributed by atoms with E-state index in [-0.39, 0.29) is 49.7 Å². The lowest BCUT2D eigenvalue weighted by Crippen LogP contribution is -2.47. The SMILES string of the molecule is COc1ccc(C(OC[C@H]2O[C@@H](n3cc(C)c(=O)[nH]c3=O)C[C@]2(O)OP(OCCN(C)C(=O)c2ccccc2)N(C(C)C)C(C)C)(c2ccccc2)c2ccc(OC)cc2)cc1. The van der Waals surface area contributed by atoms with Crippen LogP contribution in [0.2, 0.25) is 0 Å².